The van der Waals surface area contributed by atoms with Crippen LogP contribution < -0.4 is 4.74 Å². The van der Waals surface area contributed by atoms with Crippen LogP contribution in [0.2, 0.25) is 0 Å². The number of hydrogen-bond donors (Lipinski definition) is 1. The van der Waals surface area contributed by atoms with Crippen molar-refractivity contribution < 1.29 is 27.5 Å². The number of alkyl halides is 3. The van der Waals surface area contributed by atoms with Crippen molar-refractivity contribution in [3.63, 3.8) is 0 Å². The number of quaternary nitrogens is 1. The lowest BCUT2D eigenvalue weighted by Crippen LogP contribution is -2.67. The van der Waals surface area contributed by atoms with Crippen LogP contribution in [0, 0.1) is 11.8 Å². The van der Waals surface area contributed by atoms with Gasteiger partial charge in [-0.3, -0.25) is 4.98 Å². The minimum absolute atomic E-state index is 0.0796. The van der Waals surface area contributed by atoms with E-state index in [0.717, 1.165) is 60.1 Å². The number of methoxy groups -OCH3 is 1. The highest BCUT2D eigenvalue weighted by Gasteiger charge is 2.54. The summed E-state index contributed by atoms with van der Waals surface area (Å²) in [6.07, 6.45) is 0.494. The maximum absolute atomic E-state index is 13.1. The second-order valence-electron chi connectivity index (χ2n) is 9.96. The molecule has 6 rings (SSSR count). The molecule has 1 N–H and O–H groups in total. The molecular weight excluding hydrogens is 453 g/mol. The minimum atomic E-state index is -4.36. The quantitative estimate of drug-likeness (QED) is 0.350. The highest BCUT2D eigenvalue weighted by molar-refractivity contribution is 5.83. The number of aromatic nitrogens is 1. The molecule has 3 aliphatic heterocycles. The molecule has 0 aliphatic carbocycles. The number of aliphatic hydroxyl groups excluding tert-OH is 1. The van der Waals surface area contributed by atoms with Gasteiger partial charge in [0.2, 0.25) is 0 Å². The summed E-state index contributed by atoms with van der Waals surface area (Å²) in [6, 6.07) is 12.9. The largest absolute Gasteiger partial charge is 0.497 e. The number of nitrogens with zero attached hydrogens (tertiary/aromatic N) is 2. The SMILES string of the molecule is C=CC1C[N+]2(Cc3ccc(C(F)(F)F)cc3)CCC1CC2[C@@H](O)c1ccnc2ccc(OC)cc12. The van der Waals surface area contributed by atoms with Crippen molar-refractivity contribution in [1.82, 2.24) is 4.98 Å². The number of hydrogen-bond acceptors (Lipinski definition) is 3. The second kappa shape index (κ2) is 8.95. The van der Waals surface area contributed by atoms with Crippen molar-refractivity contribution in [3.05, 3.63) is 84.1 Å². The third-order valence-electron chi connectivity index (χ3n) is 8.12. The molecular formula is C28H30F3N2O2+. The summed E-state index contributed by atoms with van der Waals surface area (Å²) in [5.74, 6) is 1.48. The van der Waals surface area contributed by atoms with Crippen LogP contribution >= 0.6 is 0 Å². The zero-order valence-electron chi connectivity index (χ0n) is 19.7. The van der Waals surface area contributed by atoms with E-state index in [1.54, 1.807) is 25.4 Å². The zero-order valence-corrected chi connectivity index (χ0v) is 19.7. The second-order valence-corrected chi connectivity index (χ2v) is 9.96. The third-order valence-corrected chi connectivity index (χ3v) is 8.12. The molecule has 4 unspecified atom stereocenters. The molecule has 184 valence electrons. The van der Waals surface area contributed by atoms with E-state index in [0.29, 0.717) is 28.6 Å². The topological polar surface area (TPSA) is 42.4 Å². The number of piperidine rings is 3. The first-order chi connectivity index (χ1) is 16.7. The normalized spacial score (nSPS) is 27.1. The van der Waals surface area contributed by atoms with Gasteiger partial charge in [0.25, 0.3) is 0 Å². The molecule has 5 atom stereocenters. The Balaban J connectivity index is 1.52. The molecule has 3 fully saturated rings. The monoisotopic (exact) mass is 483 g/mol. The van der Waals surface area contributed by atoms with Crippen molar-refractivity contribution in [2.45, 2.75) is 37.7 Å². The third kappa shape index (κ3) is 4.32. The first-order valence-electron chi connectivity index (χ1n) is 12.0. The van der Waals surface area contributed by atoms with E-state index in [2.05, 4.69) is 11.6 Å². The Morgan fingerprint density at radius 2 is 1.97 bits per heavy atom. The lowest BCUT2D eigenvalue weighted by Gasteiger charge is -2.58. The van der Waals surface area contributed by atoms with Gasteiger partial charge in [-0.25, -0.2) is 0 Å². The van der Waals surface area contributed by atoms with Crippen LogP contribution in [0.3, 0.4) is 0 Å². The van der Waals surface area contributed by atoms with Gasteiger partial charge in [0.15, 0.2) is 0 Å². The van der Waals surface area contributed by atoms with Gasteiger partial charge in [0, 0.05) is 35.9 Å². The van der Waals surface area contributed by atoms with Crippen LogP contribution in [0.5, 0.6) is 5.75 Å². The highest BCUT2D eigenvalue weighted by atomic mass is 19.4. The average molecular weight is 484 g/mol. The zero-order chi connectivity index (χ0) is 24.8. The summed E-state index contributed by atoms with van der Waals surface area (Å²) >= 11 is 0. The van der Waals surface area contributed by atoms with Gasteiger partial charge in [-0.2, -0.15) is 13.2 Å². The van der Waals surface area contributed by atoms with Gasteiger partial charge < -0.3 is 14.3 Å². The molecule has 3 saturated heterocycles. The molecule has 0 radical (unpaired) electrons. The van der Waals surface area contributed by atoms with Gasteiger partial charge in [0.05, 0.1) is 31.3 Å². The van der Waals surface area contributed by atoms with Crippen LogP contribution in [0.4, 0.5) is 13.2 Å². The highest BCUT2D eigenvalue weighted by Crippen LogP contribution is 2.48. The maximum Gasteiger partial charge on any atom is 0.416 e. The van der Waals surface area contributed by atoms with Gasteiger partial charge >= 0.3 is 6.18 Å². The lowest BCUT2D eigenvalue weighted by atomic mass is 9.71. The number of halogens is 3. The first kappa shape index (κ1) is 23.8. The molecule has 4 nitrogen and oxygen atoms in total. The van der Waals surface area contributed by atoms with Crippen LogP contribution in [-0.2, 0) is 12.7 Å². The van der Waals surface area contributed by atoms with E-state index in [1.807, 2.05) is 30.3 Å². The number of ether oxygens (including phenoxy) is 1. The van der Waals surface area contributed by atoms with Crippen molar-refractivity contribution in [3.8, 4) is 5.75 Å². The van der Waals surface area contributed by atoms with E-state index in [9.17, 15) is 18.3 Å². The predicted molar refractivity (Wildman–Crippen MR) is 129 cm³/mol. The van der Waals surface area contributed by atoms with E-state index >= 15 is 0 Å². The molecule has 7 heteroatoms. The molecule has 3 aromatic rings. The van der Waals surface area contributed by atoms with Gasteiger partial charge in [-0.1, -0.05) is 18.2 Å². The Labute approximate surface area is 203 Å². The summed E-state index contributed by atoms with van der Waals surface area (Å²) in [5, 5.41) is 12.7. The summed E-state index contributed by atoms with van der Waals surface area (Å²) in [7, 11) is 1.61. The fraction of sp³-hybridized carbons (Fsp3) is 0.393. The van der Waals surface area contributed by atoms with Crippen LogP contribution in [-0.4, -0.2) is 40.8 Å². The van der Waals surface area contributed by atoms with Crippen LogP contribution in [0.1, 0.15) is 35.6 Å². The first-order valence-corrected chi connectivity index (χ1v) is 12.0. The number of fused-ring (bicyclic) bond motifs is 4. The Morgan fingerprint density at radius 1 is 1.20 bits per heavy atom. The van der Waals surface area contributed by atoms with Crippen LogP contribution in [0.15, 0.2) is 67.4 Å². The molecule has 2 bridgehead atoms. The number of rotatable bonds is 6. The number of benzene rings is 2. The molecule has 35 heavy (non-hydrogen) atoms. The standard InChI is InChI=1S/C28H30F3N2O2/c1-3-19-17-33(16-18-4-6-21(7-5-18)28(29,30)31)13-11-20(19)14-26(33)27(34)23-10-12-32-25-9-8-22(35-2)15-24(23)25/h3-10,12,15,19-20,26-27,34H,1,11,13-14,16-17H2,2H3/q+1/t19?,20?,26?,27-,33?/m0/s1. The van der Waals surface area contributed by atoms with Crippen molar-refractivity contribution in [1.29, 1.82) is 0 Å². The Kier molecular flexibility index (Phi) is 6.09. The summed E-state index contributed by atoms with van der Waals surface area (Å²) in [5.41, 5.74) is 1.80. The van der Waals surface area contributed by atoms with Crippen LogP contribution in [0.25, 0.3) is 10.9 Å². The van der Waals surface area contributed by atoms with Crippen molar-refractivity contribution in [2.75, 3.05) is 20.2 Å². The average Bonchev–Trinajstić information content (AvgIpc) is 2.87. The minimum Gasteiger partial charge on any atom is -0.497 e. The predicted octanol–water partition coefficient (Wildman–Crippen LogP) is 5.91. The van der Waals surface area contributed by atoms with Crippen molar-refractivity contribution >= 4 is 10.9 Å². The van der Waals surface area contributed by atoms with E-state index in [1.165, 1.54) is 0 Å². The van der Waals surface area contributed by atoms with Crippen molar-refractivity contribution in [2.24, 2.45) is 11.8 Å². The summed E-state index contributed by atoms with van der Waals surface area (Å²) in [4.78, 5) is 4.45. The number of aliphatic hydroxyl groups is 1. The molecule has 2 aromatic carbocycles. The summed E-state index contributed by atoms with van der Waals surface area (Å²) in [6.45, 7) is 6.32. The smallest absolute Gasteiger partial charge is 0.416 e. The summed E-state index contributed by atoms with van der Waals surface area (Å²) < 4.78 is 45.3. The Morgan fingerprint density at radius 3 is 2.66 bits per heavy atom. The lowest BCUT2D eigenvalue weighted by molar-refractivity contribution is -0.984. The Hall–Kier alpha value is -2.90. The molecule has 3 aliphatic rings. The van der Waals surface area contributed by atoms with E-state index < -0.39 is 17.8 Å². The molecule has 0 amide bonds. The molecule has 0 spiro atoms. The molecule has 0 saturated carbocycles. The van der Waals surface area contributed by atoms with E-state index in [4.69, 9.17) is 4.74 Å². The fourth-order valence-electron chi connectivity index (χ4n) is 6.28. The maximum atomic E-state index is 13.1. The van der Waals surface area contributed by atoms with Gasteiger partial charge in [-0.05, 0) is 47.9 Å². The van der Waals surface area contributed by atoms with Gasteiger partial charge in [0.1, 0.15) is 24.4 Å². The molecule has 1 aromatic heterocycles. The van der Waals surface area contributed by atoms with E-state index in [-0.39, 0.29) is 6.04 Å². The molecule has 4 heterocycles. The fourth-order valence-corrected chi connectivity index (χ4v) is 6.28. The number of pyridine rings is 1. The Bertz CT molecular complexity index is 1230. The van der Waals surface area contributed by atoms with Gasteiger partial charge in [-0.15, -0.1) is 6.58 Å².